The molecule has 0 saturated heterocycles. The van der Waals surface area contributed by atoms with Gasteiger partial charge in [-0.25, -0.2) is 4.57 Å². The number of phosphoric ester groups is 1. The van der Waals surface area contributed by atoms with Gasteiger partial charge in [-0.05, 0) is 44.4 Å². The van der Waals surface area contributed by atoms with Gasteiger partial charge in [-0.15, -0.1) is 0 Å². The van der Waals surface area contributed by atoms with Crippen molar-refractivity contribution in [3.05, 3.63) is 36.5 Å². The number of carbonyl (C=O) groups is 2. The summed E-state index contributed by atoms with van der Waals surface area (Å²) in [7, 11) is -4.62. The van der Waals surface area contributed by atoms with Crippen molar-refractivity contribution >= 4 is 19.8 Å². The number of allylic oxidation sites excluding steroid dienone is 4. The lowest BCUT2D eigenvalue weighted by Crippen LogP contribution is -2.29. The van der Waals surface area contributed by atoms with E-state index in [9.17, 15) is 29.3 Å². The van der Waals surface area contributed by atoms with Crippen molar-refractivity contribution in [3.63, 3.8) is 0 Å². The fraction of sp³-hybridized carbons (Fsp3) is 0.784. The van der Waals surface area contributed by atoms with Crippen LogP contribution in [0, 0.1) is 5.92 Å². The molecule has 0 amide bonds. The molecule has 0 heterocycles. The molecule has 0 aliphatic heterocycles. The molecular formula is C37H67O11P. The van der Waals surface area contributed by atoms with E-state index in [1.807, 2.05) is 24.3 Å². The van der Waals surface area contributed by atoms with Gasteiger partial charge in [-0.2, -0.15) is 0 Å². The summed E-state index contributed by atoms with van der Waals surface area (Å²) in [5.41, 5.74) is 0. The van der Waals surface area contributed by atoms with E-state index >= 15 is 0 Å². The fourth-order valence-corrected chi connectivity index (χ4v) is 5.44. The molecule has 0 spiro atoms. The van der Waals surface area contributed by atoms with Crippen molar-refractivity contribution in [2.45, 2.75) is 155 Å². The Morgan fingerprint density at radius 2 is 1.37 bits per heavy atom. The third kappa shape index (κ3) is 31.8. The zero-order chi connectivity index (χ0) is 36.6. The van der Waals surface area contributed by atoms with Crippen molar-refractivity contribution in [3.8, 4) is 0 Å². The predicted molar refractivity (Wildman–Crippen MR) is 193 cm³/mol. The summed E-state index contributed by atoms with van der Waals surface area (Å²) in [6.45, 7) is 4.35. The van der Waals surface area contributed by atoms with E-state index in [0.29, 0.717) is 19.3 Å². The molecule has 286 valence electrons. The summed E-state index contributed by atoms with van der Waals surface area (Å²) < 4.78 is 32.5. The van der Waals surface area contributed by atoms with Gasteiger partial charge in [0.1, 0.15) is 12.7 Å². The minimum atomic E-state index is -4.62. The van der Waals surface area contributed by atoms with Gasteiger partial charge in [0, 0.05) is 12.8 Å². The summed E-state index contributed by atoms with van der Waals surface area (Å²) >= 11 is 0. The average Bonchev–Trinajstić information content (AvgIpc) is 3.08. The van der Waals surface area contributed by atoms with Crippen molar-refractivity contribution < 1.29 is 52.9 Å². The molecule has 0 aromatic heterocycles. The zero-order valence-corrected chi connectivity index (χ0v) is 31.3. The average molecular weight is 719 g/mol. The van der Waals surface area contributed by atoms with Gasteiger partial charge in [-0.1, -0.05) is 121 Å². The molecule has 0 aliphatic carbocycles. The monoisotopic (exact) mass is 718 g/mol. The van der Waals surface area contributed by atoms with Crippen LogP contribution < -0.4 is 0 Å². The lowest BCUT2D eigenvalue weighted by Gasteiger charge is -2.20. The van der Waals surface area contributed by atoms with Crippen LogP contribution in [-0.2, 0) is 32.7 Å². The molecule has 49 heavy (non-hydrogen) atoms. The van der Waals surface area contributed by atoms with Crippen LogP contribution in [0.1, 0.15) is 136 Å². The summed E-state index contributed by atoms with van der Waals surface area (Å²) in [4.78, 5) is 34.7. The van der Waals surface area contributed by atoms with Crippen LogP contribution in [0.4, 0.5) is 0 Å². The fourth-order valence-electron chi connectivity index (χ4n) is 4.65. The molecule has 0 aromatic rings. The number of aliphatic hydroxyl groups is 3. The molecule has 0 aromatic carbocycles. The number of hydrogen-bond acceptors (Lipinski definition) is 10. The highest BCUT2D eigenvalue weighted by molar-refractivity contribution is 7.47. The number of ether oxygens (including phenoxy) is 2. The molecule has 12 heteroatoms. The van der Waals surface area contributed by atoms with E-state index in [1.165, 1.54) is 25.7 Å². The van der Waals surface area contributed by atoms with Crippen LogP contribution in [0.2, 0.25) is 0 Å². The van der Waals surface area contributed by atoms with Crippen LogP contribution in [-0.4, -0.2) is 76.9 Å². The summed E-state index contributed by atoms with van der Waals surface area (Å²) in [5, 5.41) is 28.1. The smallest absolute Gasteiger partial charge is 0.462 e. The second-order valence-corrected chi connectivity index (χ2v) is 14.1. The maximum Gasteiger partial charge on any atom is 0.472 e. The first-order valence-electron chi connectivity index (χ1n) is 18.4. The number of carbonyl (C=O) groups excluding carboxylic acids is 2. The van der Waals surface area contributed by atoms with Crippen LogP contribution in [0.5, 0.6) is 0 Å². The highest BCUT2D eigenvalue weighted by Crippen LogP contribution is 2.43. The van der Waals surface area contributed by atoms with Gasteiger partial charge in [0.05, 0.1) is 25.9 Å². The minimum Gasteiger partial charge on any atom is -0.462 e. The molecule has 0 rings (SSSR count). The molecule has 0 bridgehead atoms. The Labute approximate surface area is 295 Å². The Hall–Kier alpha value is -1.85. The van der Waals surface area contributed by atoms with Crippen molar-refractivity contribution in [2.24, 2.45) is 5.92 Å². The maximum absolute atomic E-state index is 12.5. The molecule has 0 radical (unpaired) electrons. The van der Waals surface area contributed by atoms with E-state index < -0.39 is 57.9 Å². The van der Waals surface area contributed by atoms with E-state index in [4.69, 9.17) is 19.1 Å². The molecule has 0 fully saturated rings. The first kappa shape index (κ1) is 47.1. The SMILES string of the molecule is CC/C=C/CC(O)/C=C/C=C/CCCCCCCC(=O)OC[C@H](COP(=O)(O)OC[C@@H](O)CO)OC(=O)CCCCCCCCC(C)CC. The molecule has 5 atom stereocenters. The molecule has 0 aliphatic rings. The van der Waals surface area contributed by atoms with E-state index in [-0.39, 0.29) is 19.4 Å². The summed E-state index contributed by atoms with van der Waals surface area (Å²) in [6, 6.07) is 0. The number of rotatable bonds is 33. The molecular weight excluding hydrogens is 651 g/mol. The zero-order valence-electron chi connectivity index (χ0n) is 30.4. The van der Waals surface area contributed by atoms with Gasteiger partial charge in [0.15, 0.2) is 6.10 Å². The van der Waals surface area contributed by atoms with E-state index in [1.54, 1.807) is 6.08 Å². The third-order valence-corrected chi connectivity index (χ3v) is 8.88. The number of hydrogen-bond donors (Lipinski definition) is 4. The molecule has 11 nitrogen and oxygen atoms in total. The molecule has 3 unspecified atom stereocenters. The second kappa shape index (κ2) is 32.1. The Bertz CT molecular complexity index is 953. The lowest BCUT2D eigenvalue weighted by atomic mass is 10.00. The highest BCUT2D eigenvalue weighted by Gasteiger charge is 2.27. The van der Waals surface area contributed by atoms with Gasteiger partial charge < -0.3 is 29.7 Å². The topological polar surface area (TPSA) is 169 Å². The minimum absolute atomic E-state index is 0.167. The van der Waals surface area contributed by atoms with Crippen molar-refractivity contribution in [1.82, 2.24) is 0 Å². The number of esters is 2. The van der Waals surface area contributed by atoms with Crippen molar-refractivity contribution in [2.75, 3.05) is 26.4 Å². The normalized spacial score (nSPS) is 15.8. The second-order valence-electron chi connectivity index (χ2n) is 12.7. The maximum atomic E-state index is 12.5. The van der Waals surface area contributed by atoms with E-state index in [2.05, 4.69) is 31.4 Å². The first-order valence-corrected chi connectivity index (χ1v) is 19.9. The molecule has 0 saturated carbocycles. The van der Waals surface area contributed by atoms with Crippen molar-refractivity contribution in [1.29, 1.82) is 0 Å². The number of unbranched alkanes of at least 4 members (excludes halogenated alkanes) is 10. The highest BCUT2D eigenvalue weighted by atomic mass is 31.2. The van der Waals surface area contributed by atoms with Crippen LogP contribution >= 0.6 is 7.82 Å². The largest absolute Gasteiger partial charge is 0.472 e. The first-order chi connectivity index (χ1) is 23.5. The van der Waals surface area contributed by atoms with Gasteiger partial charge in [-0.3, -0.25) is 18.6 Å². The Kier molecular flexibility index (Phi) is 30.9. The molecule has 4 N–H and O–H groups in total. The third-order valence-electron chi connectivity index (χ3n) is 7.93. The predicted octanol–water partition coefficient (Wildman–Crippen LogP) is 7.66. The Morgan fingerprint density at radius 1 is 0.755 bits per heavy atom. The Morgan fingerprint density at radius 3 is 2.02 bits per heavy atom. The number of aliphatic hydroxyl groups excluding tert-OH is 3. The Balaban J connectivity index is 4.45. The van der Waals surface area contributed by atoms with Crippen LogP contribution in [0.15, 0.2) is 36.5 Å². The van der Waals surface area contributed by atoms with Gasteiger partial charge >= 0.3 is 19.8 Å². The van der Waals surface area contributed by atoms with Crippen LogP contribution in [0.25, 0.3) is 0 Å². The summed E-state index contributed by atoms with van der Waals surface area (Å²) in [6.07, 6.45) is 24.7. The quantitative estimate of drug-likeness (QED) is 0.0173. The van der Waals surface area contributed by atoms with E-state index in [0.717, 1.165) is 63.7 Å². The van der Waals surface area contributed by atoms with Crippen LogP contribution in [0.3, 0.4) is 0 Å². The summed E-state index contributed by atoms with van der Waals surface area (Å²) in [5.74, 6) is -0.229. The number of phosphoric acid groups is 1. The lowest BCUT2D eigenvalue weighted by molar-refractivity contribution is -0.161. The standard InChI is InChI=1S/C37H67O11P/c1-4-6-18-24-33(39)25-20-15-10-8-7-9-11-16-21-26-36(41)45-30-35(31-47-49(43,44)46-29-34(40)28-38)48-37(42)27-22-17-13-12-14-19-23-32(3)5-2/h6,10,15,18,20,25,32-35,38-40H,4-5,7-9,11-14,16-17,19,21-24,26-31H2,1-3H3,(H,43,44)/b15-10+,18-6+,25-20+/t32?,33?,34-,35+/m0/s1. The van der Waals surface area contributed by atoms with Gasteiger partial charge in [0.2, 0.25) is 0 Å². The van der Waals surface area contributed by atoms with Gasteiger partial charge in [0.25, 0.3) is 0 Å².